The lowest BCUT2D eigenvalue weighted by molar-refractivity contribution is -0.121. The van der Waals surface area contributed by atoms with Gasteiger partial charge in [-0.05, 0) is 75.2 Å². The number of aromatic nitrogens is 2. The van der Waals surface area contributed by atoms with E-state index in [1.54, 1.807) is 12.1 Å². The number of halogens is 1. The third-order valence-electron chi connectivity index (χ3n) is 6.91. The van der Waals surface area contributed by atoms with Crippen molar-refractivity contribution in [3.05, 3.63) is 63.8 Å². The minimum absolute atomic E-state index is 0.0516. The van der Waals surface area contributed by atoms with E-state index >= 15 is 0 Å². The lowest BCUT2D eigenvalue weighted by Gasteiger charge is -2.31. The van der Waals surface area contributed by atoms with E-state index in [1.165, 1.54) is 24.2 Å². The standard InChI is InChI=1S/C26H30ClN5O2S/c27-23-12-11-22(35-23)26(34)30-21-6-2-1-5-20(21)25(33)29-18-7-9-19(10-8-18)32-16-13-28-24(32)17-31-14-3-4-15-31/h7-13,16,20-21H,1-6,14-15,17H2,(H,29,33)(H,30,34)/t20-,21+/m0/s1. The van der Waals surface area contributed by atoms with Crippen LogP contribution < -0.4 is 10.6 Å². The molecule has 3 heterocycles. The molecule has 3 aromatic rings. The van der Waals surface area contributed by atoms with Gasteiger partial charge in [-0.3, -0.25) is 14.5 Å². The third kappa shape index (κ3) is 5.77. The van der Waals surface area contributed by atoms with Gasteiger partial charge in [-0.1, -0.05) is 24.4 Å². The van der Waals surface area contributed by atoms with Crippen molar-refractivity contribution in [1.29, 1.82) is 0 Å². The molecule has 0 spiro atoms. The Morgan fingerprint density at radius 2 is 1.80 bits per heavy atom. The fourth-order valence-electron chi connectivity index (χ4n) is 5.06. The second kappa shape index (κ2) is 10.9. The first-order chi connectivity index (χ1) is 17.1. The summed E-state index contributed by atoms with van der Waals surface area (Å²) in [6.45, 7) is 3.10. The van der Waals surface area contributed by atoms with Crippen LogP contribution in [0.1, 0.15) is 54.0 Å². The van der Waals surface area contributed by atoms with Crippen LogP contribution in [0, 0.1) is 5.92 Å². The lowest BCUT2D eigenvalue weighted by atomic mass is 9.83. The van der Waals surface area contributed by atoms with E-state index in [9.17, 15) is 9.59 Å². The topological polar surface area (TPSA) is 79.3 Å². The molecule has 2 fully saturated rings. The molecule has 1 saturated carbocycles. The number of thiophene rings is 1. The van der Waals surface area contributed by atoms with Gasteiger partial charge in [0.25, 0.3) is 5.91 Å². The number of benzene rings is 1. The van der Waals surface area contributed by atoms with Crippen LogP contribution in [-0.4, -0.2) is 45.4 Å². The van der Waals surface area contributed by atoms with Gasteiger partial charge in [0, 0.05) is 29.8 Å². The van der Waals surface area contributed by atoms with Crippen molar-refractivity contribution in [3.63, 3.8) is 0 Å². The first-order valence-electron chi connectivity index (χ1n) is 12.3. The summed E-state index contributed by atoms with van der Waals surface area (Å²) in [6, 6.07) is 11.1. The van der Waals surface area contributed by atoms with Gasteiger partial charge in [0.05, 0.1) is 21.7 Å². The maximum Gasteiger partial charge on any atom is 0.261 e. The minimum Gasteiger partial charge on any atom is -0.348 e. The average molecular weight is 512 g/mol. The molecule has 2 atom stereocenters. The molecular formula is C26H30ClN5O2S. The summed E-state index contributed by atoms with van der Waals surface area (Å²) in [5.74, 6) is 0.547. The first kappa shape index (κ1) is 24.0. The molecule has 1 aromatic carbocycles. The van der Waals surface area contributed by atoms with E-state index in [0.29, 0.717) is 9.21 Å². The molecule has 2 amide bonds. The number of hydrogen-bond donors (Lipinski definition) is 2. The number of likely N-dealkylation sites (tertiary alicyclic amines) is 1. The number of amides is 2. The normalized spacial score (nSPS) is 20.6. The van der Waals surface area contributed by atoms with Crippen LogP contribution in [0.15, 0.2) is 48.8 Å². The first-order valence-corrected chi connectivity index (χ1v) is 13.5. The van der Waals surface area contributed by atoms with Crippen LogP contribution in [-0.2, 0) is 11.3 Å². The molecule has 0 radical (unpaired) electrons. The second-order valence-electron chi connectivity index (χ2n) is 9.31. The molecule has 9 heteroatoms. The lowest BCUT2D eigenvalue weighted by Crippen LogP contribution is -2.46. The Bertz CT molecular complexity index is 1170. The van der Waals surface area contributed by atoms with Crippen LogP contribution >= 0.6 is 22.9 Å². The Kier molecular flexibility index (Phi) is 7.51. The zero-order valence-electron chi connectivity index (χ0n) is 19.6. The van der Waals surface area contributed by atoms with Crippen molar-refractivity contribution in [2.45, 2.75) is 51.1 Å². The summed E-state index contributed by atoms with van der Waals surface area (Å²) >= 11 is 7.22. The zero-order chi connectivity index (χ0) is 24.2. The van der Waals surface area contributed by atoms with E-state index in [1.807, 2.05) is 36.7 Å². The smallest absolute Gasteiger partial charge is 0.261 e. The molecule has 35 heavy (non-hydrogen) atoms. The Morgan fingerprint density at radius 3 is 2.54 bits per heavy atom. The molecular weight excluding hydrogens is 482 g/mol. The van der Waals surface area contributed by atoms with Gasteiger partial charge in [0.15, 0.2) is 0 Å². The highest BCUT2D eigenvalue weighted by Crippen LogP contribution is 2.28. The largest absolute Gasteiger partial charge is 0.348 e. The summed E-state index contributed by atoms with van der Waals surface area (Å²) in [6.07, 6.45) is 9.86. The van der Waals surface area contributed by atoms with Gasteiger partial charge < -0.3 is 15.2 Å². The van der Waals surface area contributed by atoms with Gasteiger partial charge in [-0.15, -0.1) is 11.3 Å². The van der Waals surface area contributed by atoms with Crippen molar-refractivity contribution in [1.82, 2.24) is 19.8 Å². The molecule has 0 unspecified atom stereocenters. The summed E-state index contributed by atoms with van der Waals surface area (Å²) < 4.78 is 2.68. The molecule has 1 aliphatic heterocycles. The number of anilines is 1. The SMILES string of the molecule is O=C(N[C@@H]1CCCC[C@@H]1C(=O)Nc1ccc(-n2ccnc2CN2CCCC2)cc1)c1ccc(Cl)s1. The van der Waals surface area contributed by atoms with Crippen LogP contribution in [0.4, 0.5) is 5.69 Å². The molecule has 0 bridgehead atoms. The molecule has 2 aliphatic rings. The number of carbonyl (C=O) groups is 2. The molecule has 2 N–H and O–H groups in total. The number of imidazole rings is 1. The zero-order valence-corrected chi connectivity index (χ0v) is 21.2. The second-order valence-corrected chi connectivity index (χ2v) is 11.0. The monoisotopic (exact) mass is 511 g/mol. The van der Waals surface area contributed by atoms with Gasteiger partial charge in [-0.25, -0.2) is 4.98 Å². The van der Waals surface area contributed by atoms with E-state index < -0.39 is 0 Å². The Labute approximate surface area is 214 Å². The van der Waals surface area contributed by atoms with Gasteiger partial charge in [0.2, 0.25) is 5.91 Å². The number of rotatable bonds is 7. The molecule has 5 rings (SSSR count). The maximum absolute atomic E-state index is 13.2. The van der Waals surface area contributed by atoms with Gasteiger partial charge in [0.1, 0.15) is 5.82 Å². The molecule has 1 saturated heterocycles. The predicted molar refractivity (Wildman–Crippen MR) is 139 cm³/mol. The number of hydrogen-bond acceptors (Lipinski definition) is 5. The maximum atomic E-state index is 13.2. The summed E-state index contributed by atoms with van der Waals surface area (Å²) in [4.78, 5) is 33.3. The predicted octanol–water partition coefficient (Wildman–Crippen LogP) is 5.11. The van der Waals surface area contributed by atoms with Crippen LogP contribution in [0.3, 0.4) is 0 Å². The van der Waals surface area contributed by atoms with E-state index in [0.717, 1.165) is 62.5 Å². The van der Waals surface area contributed by atoms with Crippen molar-refractivity contribution in [3.8, 4) is 5.69 Å². The highest BCUT2D eigenvalue weighted by Gasteiger charge is 2.32. The van der Waals surface area contributed by atoms with E-state index in [-0.39, 0.29) is 23.8 Å². The number of nitrogens with one attached hydrogen (secondary N) is 2. The fourth-order valence-corrected chi connectivity index (χ4v) is 6.01. The van der Waals surface area contributed by atoms with Gasteiger partial charge >= 0.3 is 0 Å². The minimum atomic E-state index is -0.261. The third-order valence-corrected chi connectivity index (χ3v) is 8.14. The van der Waals surface area contributed by atoms with Crippen molar-refractivity contribution in [2.75, 3.05) is 18.4 Å². The number of carbonyl (C=O) groups excluding carboxylic acids is 2. The van der Waals surface area contributed by atoms with Crippen LogP contribution in [0.5, 0.6) is 0 Å². The van der Waals surface area contributed by atoms with Crippen molar-refractivity contribution < 1.29 is 9.59 Å². The highest BCUT2D eigenvalue weighted by molar-refractivity contribution is 7.18. The Morgan fingerprint density at radius 1 is 1.03 bits per heavy atom. The highest BCUT2D eigenvalue weighted by atomic mass is 35.5. The Hall–Kier alpha value is -2.68. The molecule has 184 valence electrons. The molecule has 2 aromatic heterocycles. The van der Waals surface area contributed by atoms with Gasteiger partial charge in [-0.2, -0.15) is 0 Å². The quantitative estimate of drug-likeness (QED) is 0.462. The van der Waals surface area contributed by atoms with E-state index in [4.69, 9.17) is 11.6 Å². The van der Waals surface area contributed by atoms with Crippen molar-refractivity contribution in [2.24, 2.45) is 5.92 Å². The fraction of sp³-hybridized carbons (Fsp3) is 0.423. The summed E-state index contributed by atoms with van der Waals surface area (Å²) in [7, 11) is 0. The Balaban J connectivity index is 1.22. The van der Waals surface area contributed by atoms with Crippen LogP contribution in [0.25, 0.3) is 5.69 Å². The summed E-state index contributed by atoms with van der Waals surface area (Å²) in [5, 5.41) is 6.13. The van der Waals surface area contributed by atoms with E-state index in [2.05, 4.69) is 25.1 Å². The molecule has 1 aliphatic carbocycles. The summed E-state index contributed by atoms with van der Waals surface area (Å²) in [5.41, 5.74) is 1.77. The number of nitrogens with zero attached hydrogens (tertiary/aromatic N) is 3. The van der Waals surface area contributed by atoms with Crippen molar-refractivity contribution >= 4 is 40.4 Å². The average Bonchev–Trinajstić information content (AvgIpc) is 3.63. The molecule has 7 nitrogen and oxygen atoms in total. The van der Waals surface area contributed by atoms with Crippen LogP contribution in [0.2, 0.25) is 4.34 Å².